The van der Waals surface area contributed by atoms with Gasteiger partial charge in [0.15, 0.2) is 11.6 Å². The number of hydrogen-bond donors (Lipinski definition) is 11. The molecule has 46 heteroatoms. The lowest BCUT2D eigenvalue weighted by molar-refractivity contribution is -0.385. The summed E-state index contributed by atoms with van der Waals surface area (Å²) >= 11 is 11.0. The molecule has 750 valence electrons. The van der Waals surface area contributed by atoms with E-state index in [2.05, 4.69) is 72.8 Å². The molecule has 0 atom stereocenters. The van der Waals surface area contributed by atoms with E-state index in [4.69, 9.17) is 75.3 Å². The summed E-state index contributed by atoms with van der Waals surface area (Å²) in [6.45, 7) is 21.2. The van der Waals surface area contributed by atoms with Gasteiger partial charge in [0, 0.05) is 133 Å². The number of Topliss-reactive ketones (excluding diaryl/α,β-unsaturated/α-hetero) is 2. The van der Waals surface area contributed by atoms with Crippen molar-refractivity contribution in [3.05, 3.63) is 266 Å². The van der Waals surface area contributed by atoms with Crippen LogP contribution in [0.15, 0.2) is 209 Å². The normalized spacial score (nSPS) is 10.0. The minimum Gasteiger partial charge on any atom is -0.492 e. The second kappa shape index (κ2) is 66.0. The first-order chi connectivity index (χ1) is 65.6. The quantitative estimate of drug-likeness (QED) is 0.00324. The fourth-order valence-electron chi connectivity index (χ4n) is 9.74. The third-order valence-corrected chi connectivity index (χ3v) is 17.2. The highest BCUT2D eigenvalue weighted by Crippen LogP contribution is 2.33. The number of anilines is 12. The zero-order chi connectivity index (χ0) is 105. The van der Waals surface area contributed by atoms with Crippen molar-refractivity contribution in [3.8, 4) is 23.0 Å². The highest BCUT2D eigenvalue weighted by atomic mass is 35.5. The second-order valence-electron chi connectivity index (χ2n) is 29.9. The molecule has 0 aliphatic carbocycles. The van der Waals surface area contributed by atoms with Gasteiger partial charge in [-0.25, -0.2) is 14.4 Å². The molecule has 4 amide bonds. The number of aromatic nitrogens is 4. The zero-order valence-electron chi connectivity index (χ0n) is 80.1. The fraction of sp³-hybridized carbons (Fsp3) is 0.290. The number of carbonyl (C=O) groups is 8. The van der Waals surface area contributed by atoms with Crippen molar-refractivity contribution in [1.82, 2.24) is 54.2 Å². The Hall–Kier alpha value is -15.6. The fourth-order valence-corrected chi connectivity index (χ4v) is 9.88. The van der Waals surface area contributed by atoms with Crippen LogP contribution in [0.4, 0.5) is 90.5 Å². The van der Waals surface area contributed by atoms with Crippen molar-refractivity contribution in [2.75, 3.05) is 221 Å². The first-order valence-electron chi connectivity index (χ1n) is 41.6. The summed E-state index contributed by atoms with van der Waals surface area (Å²) < 4.78 is 34.8. The highest BCUT2D eigenvalue weighted by molar-refractivity contribution is 6.66. The number of aliphatic hydroxyl groups excluding tert-OH is 2. The molecule has 0 bridgehead atoms. The molecule has 7 aromatic carbocycles. The van der Waals surface area contributed by atoms with Gasteiger partial charge in [0.25, 0.3) is 40.4 Å². The minimum absolute atomic E-state index is 0.0301. The van der Waals surface area contributed by atoms with Crippen LogP contribution < -0.4 is 68.5 Å². The van der Waals surface area contributed by atoms with Gasteiger partial charge in [-0.15, -0.1) is 0 Å². The highest BCUT2D eigenvalue weighted by Gasteiger charge is 2.25. The van der Waals surface area contributed by atoms with Gasteiger partial charge in [-0.05, 0) is 198 Å². The molecule has 0 spiro atoms. The van der Waals surface area contributed by atoms with Crippen LogP contribution in [0, 0.1) is 36.2 Å². The van der Waals surface area contributed by atoms with Gasteiger partial charge in [0.05, 0.1) is 72.8 Å². The number of nitrogen functional groups attached to an aromatic ring is 4. The van der Waals surface area contributed by atoms with Crippen molar-refractivity contribution in [2.24, 2.45) is 0 Å². The van der Waals surface area contributed by atoms with Gasteiger partial charge in [0.2, 0.25) is 29.0 Å². The predicted octanol–water partition coefficient (Wildman–Crippen LogP) is 11.1. The number of carbonyl (C=O) groups excluding carboxylic acids is 8. The van der Waals surface area contributed by atoms with E-state index in [-0.39, 0.29) is 99.3 Å². The number of ether oxygens (including phenoxy) is 4. The molecule has 9 aromatic rings. The first-order valence-corrected chi connectivity index (χ1v) is 42.3. The minimum atomic E-state index is -0.666. The van der Waals surface area contributed by atoms with Gasteiger partial charge < -0.3 is 113 Å². The number of halogens is 3. The number of benzene rings is 7. The number of amides is 4. The average Bonchev–Trinajstić information content (AvgIpc) is 0.804. The van der Waals surface area contributed by atoms with Crippen LogP contribution in [-0.2, 0) is 35.2 Å². The maximum atomic E-state index is 12.7. The molecule has 2 heterocycles. The SMILES string of the molecule is C=CC(=O)Cc1cc(Nc2ncc(Cl)c(Nc3ccccc3C(=O)C(=O)N(C)C)n2)ccc1OCCN(C)C.C=CC(=O)Cl.C=CC(=O)Nc1cc(N)ccc1OCCN(C)C.C=CC(=O)Nc1cc([N+](=O)[O-])ccc1OCCN(C)C.CCO.CN(C)C(=O)C(=O)c1ccccc1Nc1ccnc(N)n1.CN(C)CCO.CN(C)CCOc1ccc([N+](=O)[O-])cc1N.Nc1cc([N+](=O)[O-])ccc1F. The van der Waals surface area contributed by atoms with Crippen LogP contribution in [0.3, 0.4) is 0 Å². The Kier molecular flexibility index (Phi) is 57.7. The molecule has 0 radical (unpaired) electrons. The number of likely N-dealkylation sites (N-methyl/N-ethyl adjacent to an activating group) is 7. The smallest absolute Gasteiger partial charge is 0.294 e. The Labute approximate surface area is 815 Å². The number of nitro groups is 3. The topological polar surface area (TPSA) is 582 Å². The van der Waals surface area contributed by atoms with E-state index in [9.17, 15) is 73.1 Å². The van der Waals surface area contributed by atoms with E-state index >= 15 is 0 Å². The number of allylic oxidation sites excluding steroid dienone is 2. The Balaban J connectivity index is 0.000000842. The van der Waals surface area contributed by atoms with Crippen molar-refractivity contribution >= 4 is 156 Å². The Bertz CT molecular complexity index is 5560. The summed E-state index contributed by atoms with van der Waals surface area (Å²) in [4.78, 5) is 152. The van der Waals surface area contributed by atoms with Gasteiger partial charge in [-0.3, -0.25) is 68.7 Å². The lowest BCUT2D eigenvalue weighted by Gasteiger charge is -2.16. The number of nitrogens with two attached hydrogens (primary N) is 4. The number of hydrogen-bond acceptors (Lipinski definition) is 36. The number of rotatable bonds is 39. The third-order valence-electron chi connectivity index (χ3n) is 16.7. The van der Waals surface area contributed by atoms with Gasteiger partial charge >= 0.3 is 0 Å². The Morgan fingerprint density at radius 2 is 0.892 bits per heavy atom. The molecular formula is C93H122Cl2FN23O20. The molecular weight excluding hydrogens is 1850 g/mol. The van der Waals surface area contributed by atoms with E-state index in [0.29, 0.717) is 95.8 Å². The summed E-state index contributed by atoms with van der Waals surface area (Å²) in [5, 5.41) is 61.0. The monoisotopic (exact) mass is 1970 g/mol. The van der Waals surface area contributed by atoms with Crippen molar-refractivity contribution in [2.45, 2.75) is 13.3 Å². The summed E-state index contributed by atoms with van der Waals surface area (Å²) in [5.74, 6) is -0.954. The number of para-hydroxylation sites is 2. The molecule has 0 fully saturated rings. The molecule has 9 rings (SSSR count). The van der Waals surface area contributed by atoms with E-state index in [0.717, 1.165) is 56.5 Å². The number of non-ortho nitro benzene ring substituents is 3. The molecule has 2 aromatic heterocycles. The molecule has 0 aliphatic heterocycles. The molecule has 0 saturated heterocycles. The molecule has 15 N–H and O–H groups in total. The summed E-state index contributed by atoms with van der Waals surface area (Å²) in [5.41, 5.74) is 25.6. The van der Waals surface area contributed by atoms with Crippen LogP contribution >= 0.6 is 23.2 Å². The number of nitrogens with zero attached hydrogens (tertiary/aromatic N) is 14. The van der Waals surface area contributed by atoms with Crippen molar-refractivity contribution in [3.63, 3.8) is 0 Å². The van der Waals surface area contributed by atoms with E-state index in [1.165, 1.54) is 98.9 Å². The van der Waals surface area contributed by atoms with Crippen LogP contribution in [0.5, 0.6) is 23.0 Å². The maximum Gasteiger partial charge on any atom is 0.294 e. The lowest BCUT2D eigenvalue weighted by Crippen LogP contribution is -2.30. The van der Waals surface area contributed by atoms with Crippen LogP contribution in [0.2, 0.25) is 5.02 Å². The summed E-state index contributed by atoms with van der Waals surface area (Å²) in [6.07, 6.45) is 7.64. The van der Waals surface area contributed by atoms with Crippen LogP contribution in [0.1, 0.15) is 33.2 Å². The lowest BCUT2D eigenvalue weighted by atomic mass is 10.1. The number of ketones is 3. The predicted molar refractivity (Wildman–Crippen MR) is 540 cm³/mol. The van der Waals surface area contributed by atoms with Crippen LogP contribution in [0.25, 0.3) is 0 Å². The zero-order valence-corrected chi connectivity index (χ0v) is 81.6. The van der Waals surface area contributed by atoms with E-state index in [1.54, 1.807) is 97.9 Å². The second-order valence-corrected chi connectivity index (χ2v) is 30.6. The number of nitro benzene ring substituents is 3. The first kappa shape index (κ1) is 121. The van der Waals surface area contributed by atoms with Gasteiger partial charge in [0.1, 0.15) is 66.1 Å². The number of nitrogens with one attached hydrogen (secondary N) is 5. The van der Waals surface area contributed by atoms with Gasteiger partial charge in [-0.1, -0.05) is 62.2 Å². The Morgan fingerprint density at radius 3 is 1.30 bits per heavy atom. The third kappa shape index (κ3) is 49.5. The molecule has 0 aliphatic rings. The molecule has 0 saturated carbocycles. The average molecular weight is 1970 g/mol. The van der Waals surface area contributed by atoms with E-state index in [1.807, 2.05) is 95.0 Å². The molecule has 0 unspecified atom stereocenters. The molecule has 43 nitrogen and oxygen atoms in total. The van der Waals surface area contributed by atoms with Crippen molar-refractivity contribution < 1.29 is 86.7 Å². The maximum absolute atomic E-state index is 12.7. The standard InChI is InChI=1S/C28H31ClN6O4.C14H15N5O2.C13H17N3O4.C13H19N3O2.C10H15N3O3.C6H5FN2O2.C4H11NO.C3H3ClO.C2H6O/c1-6-20(36)16-18-15-19(11-12-24(18)39-14-13-34(2)3)31-28-30-17-22(29)26(33-28)32-23-10-8-7-9-21(23)25(37)27(38)35(4)5;1-19(2)13(21)12(20)9-5-3-4-6-10(9)17-11-7-8-16-14(15)18-11;1-4-13(17)14-11-9-10(16(18)19)5-6-12(11)20-8-7-15(2)3;1-4-13(17)15-11-9-10(14)5-6-12(11)18-8-7-16(2)3;1-12(2)5-6-16-10-4-3-8(13(14)15)7-9(10)11;7-5-2-1-4(9(10)11)3-6(5)8;1-5(2)3-4-6;1-2-3(4)5;1-2-3/h6-12,15,17H,1,13-14,16H2,2-5H3,(H2,30,31,32,33);3-8H,1-2H3,(H3,15,16,17,18);4-6,9H,1,7-8H2,2-3H3,(H,14,17);4-6,9H,1,7-8,14H2,2-3H3,(H,15,17);3-4,7H,5-6,11H2,1-2H3;1-3H,8H2;6H,3-4H2,1-2H3;2H,1H2;3H,2H2,1H3. The van der Waals surface area contributed by atoms with Gasteiger partial charge in [-0.2, -0.15) is 9.97 Å². The van der Waals surface area contributed by atoms with Crippen LogP contribution in [-0.4, -0.2) is 296 Å². The number of aliphatic hydroxyl groups is 2. The van der Waals surface area contributed by atoms with Crippen molar-refractivity contribution in [1.29, 1.82) is 0 Å². The largest absolute Gasteiger partial charge is 0.492 e. The summed E-state index contributed by atoms with van der Waals surface area (Å²) in [7, 11) is 25.4. The summed E-state index contributed by atoms with van der Waals surface area (Å²) in [6, 6.07) is 36.7. The van der Waals surface area contributed by atoms with E-state index < -0.39 is 55.1 Å². The Morgan fingerprint density at radius 1 is 0.482 bits per heavy atom. The molecule has 139 heavy (non-hydrogen) atoms.